The summed E-state index contributed by atoms with van der Waals surface area (Å²) in [5.41, 5.74) is 2.95. The maximum absolute atomic E-state index is 14.0. The molecule has 0 radical (unpaired) electrons. The van der Waals surface area contributed by atoms with Gasteiger partial charge < -0.3 is 5.32 Å². The minimum absolute atomic E-state index is 0.0515. The number of nitrogens with one attached hydrogen (secondary N) is 1. The van der Waals surface area contributed by atoms with Crippen molar-refractivity contribution >= 4 is 39.3 Å². The number of amides is 1. The second kappa shape index (κ2) is 9.40. The third kappa shape index (κ3) is 4.83. The number of rotatable bonds is 6. The number of para-hydroxylation sites is 1. The number of aryl methyl sites for hydroxylation is 1. The molecular weight excluding hydrogens is 481 g/mol. The van der Waals surface area contributed by atoms with Gasteiger partial charge in [-0.25, -0.2) is 4.39 Å². The van der Waals surface area contributed by atoms with Gasteiger partial charge in [-0.05, 0) is 48.9 Å². The monoisotopic (exact) mass is 497 g/mol. The van der Waals surface area contributed by atoms with E-state index in [-0.39, 0.29) is 17.3 Å². The third-order valence-corrected chi connectivity index (χ3v) is 5.89. The van der Waals surface area contributed by atoms with Gasteiger partial charge in [-0.15, -0.1) is 10.2 Å². The summed E-state index contributed by atoms with van der Waals surface area (Å²) in [5, 5.41) is 11.8. The number of nitrogens with zero attached hydrogens (tertiary/aromatic N) is 4. The van der Waals surface area contributed by atoms with E-state index < -0.39 is 5.82 Å². The quantitative estimate of drug-likeness (QED) is 0.367. The molecule has 2 aromatic carbocycles. The Hall–Kier alpha value is -3.04. The number of carbonyl (C=O) groups excluding carboxylic acids is 1. The molecule has 9 heteroatoms. The largest absolute Gasteiger partial charge is 0.323 e. The highest BCUT2D eigenvalue weighted by Crippen LogP contribution is 2.29. The van der Waals surface area contributed by atoms with Gasteiger partial charge >= 0.3 is 0 Å². The molecular formula is C22H17BrFN5OS. The van der Waals surface area contributed by atoms with E-state index in [1.165, 1.54) is 23.9 Å². The predicted molar refractivity (Wildman–Crippen MR) is 123 cm³/mol. The molecule has 0 saturated carbocycles. The van der Waals surface area contributed by atoms with Gasteiger partial charge in [-0.1, -0.05) is 45.9 Å². The van der Waals surface area contributed by atoms with Crippen molar-refractivity contribution in [2.45, 2.75) is 12.1 Å². The van der Waals surface area contributed by atoms with Crippen molar-refractivity contribution in [2.75, 3.05) is 11.1 Å². The molecule has 0 bridgehead atoms. The summed E-state index contributed by atoms with van der Waals surface area (Å²) in [4.78, 5) is 16.5. The van der Waals surface area contributed by atoms with Gasteiger partial charge in [0.1, 0.15) is 5.82 Å². The van der Waals surface area contributed by atoms with Crippen LogP contribution in [0.25, 0.3) is 17.1 Å². The van der Waals surface area contributed by atoms with Crippen LogP contribution in [0.5, 0.6) is 0 Å². The molecule has 0 aliphatic heterocycles. The number of anilines is 1. The van der Waals surface area contributed by atoms with Gasteiger partial charge in [0.15, 0.2) is 11.0 Å². The van der Waals surface area contributed by atoms with E-state index in [2.05, 4.69) is 36.4 Å². The van der Waals surface area contributed by atoms with E-state index in [0.717, 1.165) is 16.8 Å². The lowest BCUT2D eigenvalue weighted by Crippen LogP contribution is -2.15. The van der Waals surface area contributed by atoms with E-state index in [4.69, 9.17) is 0 Å². The Balaban J connectivity index is 1.60. The van der Waals surface area contributed by atoms with E-state index >= 15 is 0 Å². The molecule has 0 spiro atoms. The van der Waals surface area contributed by atoms with Crippen molar-refractivity contribution in [3.8, 4) is 17.1 Å². The number of thioether (sulfide) groups is 1. The molecule has 156 valence electrons. The van der Waals surface area contributed by atoms with E-state index in [9.17, 15) is 9.18 Å². The Bertz CT molecular complexity index is 1230. The first-order valence-electron chi connectivity index (χ1n) is 9.32. The van der Waals surface area contributed by atoms with Crippen LogP contribution in [0.3, 0.4) is 0 Å². The Labute approximate surface area is 191 Å². The van der Waals surface area contributed by atoms with Crippen LogP contribution in [0.2, 0.25) is 0 Å². The number of hydrogen-bond donors (Lipinski definition) is 1. The van der Waals surface area contributed by atoms with Crippen molar-refractivity contribution in [1.82, 2.24) is 19.7 Å². The normalized spacial score (nSPS) is 10.8. The van der Waals surface area contributed by atoms with Crippen LogP contribution >= 0.6 is 27.7 Å². The van der Waals surface area contributed by atoms with Crippen molar-refractivity contribution < 1.29 is 9.18 Å². The lowest BCUT2D eigenvalue weighted by molar-refractivity contribution is -0.113. The number of benzene rings is 2. The second-order valence-electron chi connectivity index (χ2n) is 6.62. The Kier molecular flexibility index (Phi) is 6.43. The zero-order chi connectivity index (χ0) is 21.8. The second-order valence-corrected chi connectivity index (χ2v) is 8.48. The molecule has 4 aromatic rings. The fourth-order valence-electron chi connectivity index (χ4n) is 2.99. The topological polar surface area (TPSA) is 72.7 Å². The lowest BCUT2D eigenvalue weighted by atomic mass is 10.2. The molecule has 31 heavy (non-hydrogen) atoms. The Morgan fingerprint density at radius 3 is 2.65 bits per heavy atom. The van der Waals surface area contributed by atoms with Crippen molar-refractivity contribution in [2.24, 2.45) is 0 Å². The van der Waals surface area contributed by atoms with Gasteiger partial charge in [0.05, 0.1) is 17.1 Å². The first kappa shape index (κ1) is 21.2. The molecule has 0 atom stereocenters. The maximum Gasteiger partial charge on any atom is 0.234 e. The summed E-state index contributed by atoms with van der Waals surface area (Å²) in [7, 11) is 0. The molecule has 0 aliphatic carbocycles. The molecule has 2 heterocycles. The van der Waals surface area contributed by atoms with Crippen LogP contribution in [-0.2, 0) is 4.79 Å². The predicted octanol–water partition coefficient (Wildman–Crippen LogP) is 5.27. The van der Waals surface area contributed by atoms with E-state index in [1.807, 2.05) is 47.9 Å². The van der Waals surface area contributed by atoms with Crippen LogP contribution < -0.4 is 5.32 Å². The van der Waals surface area contributed by atoms with E-state index in [0.29, 0.717) is 15.5 Å². The molecule has 6 nitrogen and oxygen atoms in total. The van der Waals surface area contributed by atoms with Crippen LogP contribution in [0.15, 0.2) is 76.6 Å². The number of hydrogen-bond acceptors (Lipinski definition) is 5. The summed E-state index contributed by atoms with van der Waals surface area (Å²) < 4.78 is 16.5. The summed E-state index contributed by atoms with van der Waals surface area (Å²) in [6, 6.07) is 16.1. The SMILES string of the molecule is Cc1ccccc1-n1c(SCC(=O)Nc2ccc(Br)cc2F)nnc1-c1ccncc1. The first-order chi connectivity index (χ1) is 15.0. The molecule has 0 unspecified atom stereocenters. The fraction of sp³-hybridized carbons (Fsp3) is 0.0909. The third-order valence-electron chi connectivity index (χ3n) is 4.47. The molecule has 0 aliphatic rings. The number of halogens is 2. The summed E-state index contributed by atoms with van der Waals surface area (Å²) in [6.07, 6.45) is 3.39. The van der Waals surface area contributed by atoms with Crippen molar-refractivity contribution in [3.05, 3.63) is 82.8 Å². The molecule has 4 rings (SSSR count). The number of aromatic nitrogens is 4. The summed E-state index contributed by atoms with van der Waals surface area (Å²) in [5.74, 6) is -0.138. The Morgan fingerprint density at radius 2 is 1.90 bits per heavy atom. The highest BCUT2D eigenvalue weighted by Gasteiger charge is 2.18. The smallest absolute Gasteiger partial charge is 0.234 e. The fourth-order valence-corrected chi connectivity index (χ4v) is 4.07. The molecule has 1 N–H and O–H groups in total. The van der Waals surface area contributed by atoms with Gasteiger partial charge in [0.2, 0.25) is 5.91 Å². The maximum atomic E-state index is 14.0. The van der Waals surface area contributed by atoms with Crippen LogP contribution in [-0.4, -0.2) is 31.4 Å². The van der Waals surface area contributed by atoms with Gasteiger partial charge in [0.25, 0.3) is 0 Å². The lowest BCUT2D eigenvalue weighted by Gasteiger charge is -2.13. The zero-order valence-electron chi connectivity index (χ0n) is 16.4. The highest BCUT2D eigenvalue weighted by atomic mass is 79.9. The minimum atomic E-state index is -0.504. The van der Waals surface area contributed by atoms with Crippen molar-refractivity contribution in [3.63, 3.8) is 0 Å². The molecule has 0 saturated heterocycles. The Morgan fingerprint density at radius 1 is 1.13 bits per heavy atom. The molecule has 1 amide bonds. The first-order valence-corrected chi connectivity index (χ1v) is 11.1. The molecule has 2 aromatic heterocycles. The van der Waals surface area contributed by atoms with Crippen LogP contribution in [0.1, 0.15) is 5.56 Å². The average molecular weight is 498 g/mol. The average Bonchev–Trinajstić information content (AvgIpc) is 3.19. The highest BCUT2D eigenvalue weighted by molar-refractivity contribution is 9.10. The number of pyridine rings is 1. The summed E-state index contributed by atoms with van der Waals surface area (Å²) >= 11 is 4.44. The minimum Gasteiger partial charge on any atom is -0.323 e. The van der Waals surface area contributed by atoms with Gasteiger partial charge in [0, 0.05) is 22.4 Å². The number of carbonyl (C=O) groups is 1. The van der Waals surface area contributed by atoms with Crippen LogP contribution in [0.4, 0.5) is 10.1 Å². The van der Waals surface area contributed by atoms with Gasteiger partial charge in [-0.3, -0.25) is 14.3 Å². The van der Waals surface area contributed by atoms with E-state index in [1.54, 1.807) is 18.5 Å². The zero-order valence-corrected chi connectivity index (χ0v) is 18.8. The standard InChI is InChI=1S/C22H17BrFN5OS/c1-14-4-2-3-5-19(14)29-21(15-8-10-25-11-9-15)27-28-22(29)31-13-20(30)26-18-7-6-16(23)12-17(18)24/h2-12H,13H2,1H3,(H,26,30). The molecule has 0 fully saturated rings. The van der Waals surface area contributed by atoms with Crippen LogP contribution in [0, 0.1) is 12.7 Å². The van der Waals surface area contributed by atoms with Crippen molar-refractivity contribution in [1.29, 1.82) is 0 Å². The summed E-state index contributed by atoms with van der Waals surface area (Å²) in [6.45, 7) is 2.00. The van der Waals surface area contributed by atoms with Gasteiger partial charge in [-0.2, -0.15) is 0 Å².